The van der Waals surface area contributed by atoms with Gasteiger partial charge in [0.05, 0.1) is 5.69 Å². The van der Waals surface area contributed by atoms with Crippen molar-refractivity contribution in [2.45, 2.75) is 6.92 Å². The number of nitrogens with one attached hydrogen (secondary N) is 2. The molecule has 0 aromatic carbocycles. The van der Waals surface area contributed by atoms with Gasteiger partial charge in [-0.2, -0.15) is 0 Å². The Morgan fingerprint density at radius 3 is 2.88 bits per heavy atom. The first-order valence-corrected chi connectivity index (χ1v) is 5.25. The number of anilines is 1. The van der Waals surface area contributed by atoms with Crippen molar-refractivity contribution < 1.29 is 4.79 Å². The van der Waals surface area contributed by atoms with Crippen molar-refractivity contribution in [3.05, 3.63) is 23.9 Å². The van der Waals surface area contributed by atoms with Crippen LogP contribution in [-0.2, 0) is 4.79 Å². The number of nitrogens with two attached hydrogens (primary N) is 1. The second-order valence-corrected chi connectivity index (χ2v) is 3.62. The number of thiocarbonyl (C=S) groups is 1. The number of hydrogen-bond acceptors (Lipinski definition) is 4. The molecular weight excluding hydrogens is 224 g/mol. The number of pyridine rings is 1. The van der Waals surface area contributed by atoms with Crippen LogP contribution in [-0.4, -0.2) is 29.0 Å². The summed E-state index contributed by atoms with van der Waals surface area (Å²) >= 11 is 4.82. The van der Waals surface area contributed by atoms with E-state index < -0.39 is 0 Å². The Morgan fingerprint density at radius 1 is 1.50 bits per heavy atom. The highest BCUT2D eigenvalue weighted by molar-refractivity contribution is 7.80. The molecule has 0 aliphatic rings. The van der Waals surface area contributed by atoms with Crippen molar-refractivity contribution in [2.75, 3.05) is 18.4 Å². The van der Waals surface area contributed by atoms with Crippen LogP contribution < -0.4 is 16.4 Å². The molecule has 1 amide bonds. The van der Waals surface area contributed by atoms with Gasteiger partial charge in [0.2, 0.25) is 5.91 Å². The molecule has 1 aromatic rings. The first kappa shape index (κ1) is 12.4. The minimum Gasteiger partial charge on any atom is -0.388 e. The van der Waals surface area contributed by atoms with Crippen LogP contribution >= 0.6 is 12.2 Å². The van der Waals surface area contributed by atoms with Crippen LogP contribution in [0, 0.1) is 0 Å². The summed E-state index contributed by atoms with van der Waals surface area (Å²) in [5, 5.41) is 5.73. The molecule has 4 N–H and O–H groups in total. The molecule has 0 radical (unpaired) electrons. The predicted octanol–water partition coefficient (Wildman–Crippen LogP) is 0.264. The quantitative estimate of drug-likeness (QED) is 0.506. The zero-order valence-corrected chi connectivity index (χ0v) is 9.80. The largest absolute Gasteiger partial charge is 0.388 e. The summed E-state index contributed by atoms with van der Waals surface area (Å²) in [5.41, 5.74) is 6.04. The number of aromatic nitrogens is 1. The van der Waals surface area contributed by atoms with E-state index in [0.29, 0.717) is 24.6 Å². The van der Waals surface area contributed by atoms with Crippen molar-refractivity contribution in [3.8, 4) is 0 Å². The monoisotopic (exact) mass is 238 g/mol. The Kier molecular flexibility index (Phi) is 4.65. The third-order valence-corrected chi connectivity index (χ3v) is 2.02. The third-order valence-electron chi connectivity index (χ3n) is 1.81. The molecule has 16 heavy (non-hydrogen) atoms. The van der Waals surface area contributed by atoms with E-state index in [4.69, 9.17) is 18.0 Å². The van der Waals surface area contributed by atoms with Gasteiger partial charge in [-0.1, -0.05) is 18.3 Å². The average Bonchev–Trinajstić information content (AvgIpc) is 2.24. The standard InChI is InChI=1S/C10H14N4OS/c1-7(15)12-5-6-13-9-4-2-3-8(14-9)10(11)16/h2-4H,5-6H2,1H3,(H2,11,16)(H,12,15)(H,13,14). The number of amides is 1. The van der Waals surface area contributed by atoms with Gasteiger partial charge >= 0.3 is 0 Å². The van der Waals surface area contributed by atoms with Gasteiger partial charge in [0.25, 0.3) is 0 Å². The highest BCUT2D eigenvalue weighted by atomic mass is 32.1. The molecule has 0 saturated heterocycles. The van der Waals surface area contributed by atoms with Gasteiger partial charge in [-0.15, -0.1) is 0 Å². The number of nitrogens with zero attached hydrogens (tertiary/aromatic N) is 1. The third kappa shape index (κ3) is 4.22. The summed E-state index contributed by atoms with van der Waals surface area (Å²) in [6.45, 7) is 2.63. The molecule has 0 spiro atoms. The van der Waals surface area contributed by atoms with Gasteiger partial charge in [-0.25, -0.2) is 4.98 Å². The highest BCUT2D eigenvalue weighted by Crippen LogP contribution is 2.03. The van der Waals surface area contributed by atoms with E-state index >= 15 is 0 Å². The molecule has 0 aliphatic heterocycles. The minimum absolute atomic E-state index is 0.0494. The maximum absolute atomic E-state index is 10.6. The molecule has 6 heteroatoms. The van der Waals surface area contributed by atoms with Crippen LogP contribution in [0.2, 0.25) is 0 Å². The molecule has 0 bridgehead atoms. The first-order chi connectivity index (χ1) is 7.59. The Bertz CT molecular complexity index is 394. The Morgan fingerprint density at radius 2 is 2.25 bits per heavy atom. The van der Waals surface area contributed by atoms with Gasteiger partial charge < -0.3 is 16.4 Å². The summed E-state index contributed by atoms with van der Waals surface area (Å²) < 4.78 is 0. The van der Waals surface area contributed by atoms with E-state index in [2.05, 4.69) is 15.6 Å². The summed E-state index contributed by atoms with van der Waals surface area (Å²) in [6.07, 6.45) is 0. The second-order valence-electron chi connectivity index (χ2n) is 3.18. The van der Waals surface area contributed by atoms with Gasteiger partial charge in [0, 0.05) is 20.0 Å². The molecule has 1 heterocycles. The summed E-state index contributed by atoms with van der Waals surface area (Å²) in [4.78, 5) is 15.1. The van der Waals surface area contributed by atoms with Crippen LogP contribution in [0.4, 0.5) is 5.82 Å². The zero-order valence-electron chi connectivity index (χ0n) is 8.99. The molecule has 0 fully saturated rings. The van der Waals surface area contributed by atoms with Crippen molar-refractivity contribution in [1.29, 1.82) is 0 Å². The van der Waals surface area contributed by atoms with Crippen LogP contribution in [0.15, 0.2) is 18.2 Å². The second kappa shape index (κ2) is 6.02. The van der Waals surface area contributed by atoms with Crippen LogP contribution in [0.1, 0.15) is 12.6 Å². The average molecular weight is 238 g/mol. The van der Waals surface area contributed by atoms with E-state index in [1.807, 2.05) is 12.1 Å². The Balaban J connectivity index is 2.45. The lowest BCUT2D eigenvalue weighted by molar-refractivity contribution is -0.118. The number of rotatable bonds is 5. The zero-order chi connectivity index (χ0) is 12.0. The smallest absolute Gasteiger partial charge is 0.216 e. The minimum atomic E-state index is -0.0494. The number of carbonyl (C=O) groups excluding carboxylic acids is 1. The summed E-state index contributed by atoms with van der Waals surface area (Å²) in [7, 11) is 0. The van der Waals surface area contributed by atoms with Gasteiger partial charge in [-0.05, 0) is 12.1 Å². The fourth-order valence-electron chi connectivity index (χ4n) is 1.10. The van der Waals surface area contributed by atoms with Crippen molar-refractivity contribution >= 4 is 28.9 Å². The topological polar surface area (TPSA) is 80.0 Å². The maximum atomic E-state index is 10.6. The number of hydrogen-bond donors (Lipinski definition) is 3. The maximum Gasteiger partial charge on any atom is 0.216 e. The predicted molar refractivity (Wildman–Crippen MR) is 67.3 cm³/mol. The van der Waals surface area contributed by atoms with Gasteiger partial charge in [0.1, 0.15) is 10.8 Å². The summed E-state index contributed by atoms with van der Waals surface area (Å²) in [6, 6.07) is 5.39. The van der Waals surface area contributed by atoms with Crippen molar-refractivity contribution in [2.24, 2.45) is 5.73 Å². The van der Waals surface area contributed by atoms with Crippen LogP contribution in [0.5, 0.6) is 0 Å². The molecule has 1 rings (SSSR count). The fourth-order valence-corrected chi connectivity index (χ4v) is 1.21. The lowest BCUT2D eigenvalue weighted by Crippen LogP contribution is -2.26. The molecule has 5 nitrogen and oxygen atoms in total. The van der Waals surface area contributed by atoms with Crippen LogP contribution in [0.3, 0.4) is 0 Å². The Labute approximate surface area is 99.4 Å². The Hall–Kier alpha value is -1.69. The van der Waals surface area contributed by atoms with Gasteiger partial charge in [0.15, 0.2) is 0 Å². The van der Waals surface area contributed by atoms with Crippen molar-refractivity contribution in [3.63, 3.8) is 0 Å². The molecule has 0 aliphatic carbocycles. The van der Waals surface area contributed by atoms with Crippen molar-refractivity contribution in [1.82, 2.24) is 10.3 Å². The molecule has 86 valence electrons. The van der Waals surface area contributed by atoms with E-state index in [1.165, 1.54) is 6.92 Å². The molecule has 1 aromatic heterocycles. The first-order valence-electron chi connectivity index (χ1n) is 4.85. The lowest BCUT2D eigenvalue weighted by atomic mass is 10.3. The SMILES string of the molecule is CC(=O)NCCNc1cccc(C(N)=S)n1. The molecule has 0 unspecified atom stereocenters. The number of carbonyl (C=O) groups is 1. The van der Waals surface area contributed by atoms with E-state index in [-0.39, 0.29) is 10.9 Å². The molecule has 0 atom stereocenters. The van der Waals surface area contributed by atoms with E-state index in [0.717, 1.165) is 0 Å². The van der Waals surface area contributed by atoms with E-state index in [9.17, 15) is 4.79 Å². The van der Waals surface area contributed by atoms with E-state index in [1.54, 1.807) is 6.07 Å². The fraction of sp³-hybridized carbons (Fsp3) is 0.300. The lowest BCUT2D eigenvalue weighted by Gasteiger charge is -2.07. The molecular formula is C10H14N4OS. The summed E-state index contributed by atoms with van der Waals surface area (Å²) in [5.74, 6) is 0.641. The normalized spacial score (nSPS) is 9.56. The molecule has 0 saturated carbocycles. The van der Waals surface area contributed by atoms with Gasteiger partial charge in [-0.3, -0.25) is 4.79 Å². The van der Waals surface area contributed by atoms with Crippen LogP contribution in [0.25, 0.3) is 0 Å². The highest BCUT2D eigenvalue weighted by Gasteiger charge is 1.99.